The molecule has 0 saturated carbocycles. The molecule has 0 radical (unpaired) electrons. The van der Waals surface area contributed by atoms with Crippen LogP contribution >= 0.6 is 0 Å². The van der Waals surface area contributed by atoms with Gasteiger partial charge in [-0.2, -0.15) is 0 Å². The Labute approximate surface area is 136 Å². The summed E-state index contributed by atoms with van der Waals surface area (Å²) in [6.07, 6.45) is 4.18. The van der Waals surface area contributed by atoms with Crippen molar-refractivity contribution < 1.29 is 0 Å². The summed E-state index contributed by atoms with van der Waals surface area (Å²) in [5.74, 6) is 0. The lowest BCUT2D eigenvalue weighted by molar-refractivity contribution is 1.20. The monoisotopic (exact) mass is 300 g/mol. The lowest BCUT2D eigenvalue weighted by atomic mass is 9.91. The Morgan fingerprint density at radius 2 is 1.61 bits per heavy atom. The van der Waals surface area contributed by atoms with Gasteiger partial charge in [0.1, 0.15) is 5.65 Å². The highest BCUT2D eigenvalue weighted by Gasteiger charge is 2.12. The van der Waals surface area contributed by atoms with Crippen molar-refractivity contribution in [1.82, 2.24) is 9.38 Å². The van der Waals surface area contributed by atoms with E-state index in [9.17, 15) is 0 Å². The van der Waals surface area contributed by atoms with Crippen molar-refractivity contribution in [2.75, 3.05) is 0 Å². The number of benzene rings is 2. The van der Waals surface area contributed by atoms with E-state index in [1.54, 1.807) is 0 Å². The molecule has 0 aliphatic heterocycles. The van der Waals surface area contributed by atoms with Gasteiger partial charge < -0.3 is 4.40 Å². The summed E-state index contributed by atoms with van der Waals surface area (Å²) >= 11 is 0. The molecule has 0 aliphatic carbocycles. The standard InChI is InChI=1S/C21H20N2/c1-13-10-14(2)20(15(3)11-13)18-6-5-7-19-17(18)8-9-23-12-16(4)22-21(19)23/h5-12H,1-4H3. The zero-order chi connectivity index (χ0) is 16.1. The molecule has 2 aromatic carbocycles. The van der Waals surface area contributed by atoms with Crippen LogP contribution in [-0.2, 0) is 0 Å². The van der Waals surface area contributed by atoms with Gasteiger partial charge in [0.25, 0.3) is 0 Å². The van der Waals surface area contributed by atoms with Crippen molar-refractivity contribution in [2.24, 2.45) is 0 Å². The van der Waals surface area contributed by atoms with E-state index in [-0.39, 0.29) is 0 Å². The van der Waals surface area contributed by atoms with E-state index >= 15 is 0 Å². The van der Waals surface area contributed by atoms with E-state index in [2.05, 4.69) is 74.0 Å². The molecule has 2 heterocycles. The van der Waals surface area contributed by atoms with Crippen molar-refractivity contribution >= 4 is 16.4 Å². The van der Waals surface area contributed by atoms with E-state index in [1.165, 1.54) is 38.6 Å². The van der Waals surface area contributed by atoms with Crippen molar-refractivity contribution in [3.8, 4) is 11.1 Å². The second-order valence-corrected chi connectivity index (χ2v) is 6.47. The first-order valence-corrected chi connectivity index (χ1v) is 8.00. The van der Waals surface area contributed by atoms with E-state index in [0.29, 0.717) is 0 Å². The number of imidazole rings is 1. The predicted molar refractivity (Wildman–Crippen MR) is 97.1 cm³/mol. The SMILES string of the molecule is Cc1cc(C)c(-c2cccc3c2ccn2cc(C)nc32)c(C)c1. The smallest absolute Gasteiger partial charge is 0.144 e. The van der Waals surface area contributed by atoms with E-state index in [0.717, 1.165) is 11.3 Å². The second-order valence-electron chi connectivity index (χ2n) is 6.47. The molecule has 0 saturated heterocycles. The van der Waals surface area contributed by atoms with Gasteiger partial charge in [-0.25, -0.2) is 4.98 Å². The van der Waals surface area contributed by atoms with Crippen LogP contribution < -0.4 is 0 Å². The molecule has 2 heteroatoms. The number of hydrogen-bond acceptors (Lipinski definition) is 1. The number of pyridine rings is 1. The van der Waals surface area contributed by atoms with Crippen molar-refractivity contribution in [1.29, 1.82) is 0 Å². The van der Waals surface area contributed by atoms with Crippen molar-refractivity contribution in [2.45, 2.75) is 27.7 Å². The van der Waals surface area contributed by atoms with Gasteiger partial charge in [-0.05, 0) is 61.4 Å². The van der Waals surface area contributed by atoms with E-state index < -0.39 is 0 Å². The molecule has 0 fully saturated rings. The first kappa shape index (κ1) is 14.0. The Kier molecular flexibility index (Phi) is 3.02. The summed E-state index contributed by atoms with van der Waals surface area (Å²) in [6.45, 7) is 8.60. The Morgan fingerprint density at radius 3 is 2.35 bits per heavy atom. The molecule has 0 N–H and O–H groups in total. The third-order valence-corrected chi connectivity index (χ3v) is 4.55. The second kappa shape index (κ2) is 4.95. The van der Waals surface area contributed by atoms with Crippen LogP contribution in [0.4, 0.5) is 0 Å². The Hall–Kier alpha value is -2.61. The molecule has 114 valence electrons. The lowest BCUT2D eigenvalue weighted by Crippen LogP contribution is -1.92. The maximum Gasteiger partial charge on any atom is 0.144 e. The Morgan fingerprint density at radius 1 is 0.870 bits per heavy atom. The van der Waals surface area contributed by atoms with Gasteiger partial charge in [-0.15, -0.1) is 0 Å². The number of fused-ring (bicyclic) bond motifs is 3. The average molecular weight is 300 g/mol. The summed E-state index contributed by atoms with van der Waals surface area (Å²) in [6, 6.07) is 13.3. The molecule has 2 nitrogen and oxygen atoms in total. The molecule has 0 atom stereocenters. The maximum absolute atomic E-state index is 4.70. The summed E-state index contributed by atoms with van der Waals surface area (Å²) in [5, 5.41) is 2.47. The number of hydrogen-bond donors (Lipinski definition) is 0. The third-order valence-electron chi connectivity index (χ3n) is 4.55. The van der Waals surface area contributed by atoms with Crippen LogP contribution in [0, 0.1) is 27.7 Å². The number of rotatable bonds is 1. The normalized spacial score (nSPS) is 11.5. The summed E-state index contributed by atoms with van der Waals surface area (Å²) < 4.78 is 2.11. The van der Waals surface area contributed by atoms with Crippen molar-refractivity contribution in [3.05, 3.63) is 71.2 Å². The van der Waals surface area contributed by atoms with Gasteiger partial charge in [0.15, 0.2) is 0 Å². The fraction of sp³-hybridized carbons (Fsp3) is 0.190. The topological polar surface area (TPSA) is 17.3 Å². The Bertz CT molecular complexity index is 1030. The molecule has 0 aliphatic rings. The van der Waals surface area contributed by atoms with Gasteiger partial charge in [-0.1, -0.05) is 35.9 Å². The molecular weight excluding hydrogens is 280 g/mol. The summed E-state index contributed by atoms with van der Waals surface area (Å²) in [4.78, 5) is 4.70. The zero-order valence-corrected chi connectivity index (χ0v) is 14.0. The van der Waals surface area contributed by atoms with Crippen molar-refractivity contribution in [3.63, 3.8) is 0 Å². The molecule has 0 bridgehead atoms. The Balaban J connectivity index is 2.11. The van der Waals surface area contributed by atoms with Crippen LogP contribution in [-0.4, -0.2) is 9.38 Å². The van der Waals surface area contributed by atoms with Gasteiger partial charge >= 0.3 is 0 Å². The van der Waals surface area contributed by atoms with E-state index in [4.69, 9.17) is 4.98 Å². The largest absolute Gasteiger partial charge is 0.306 e. The molecular formula is C21H20N2. The van der Waals surface area contributed by atoms with Crippen LogP contribution in [0.1, 0.15) is 22.4 Å². The molecule has 2 aromatic heterocycles. The van der Waals surface area contributed by atoms with Gasteiger partial charge in [0.2, 0.25) is 0 Å². The van der Waals surface area contributed by atoms with Crippen LogP contribution in [0.25, 0.3) is 27.5 Å². The first-order valence-electron chi connectivity index (χ1n) is 8.00. The zero-order valence-electron chi connectivity index (χ0n) is 14.0. The van der Waals surface area contributed by atoms with Gasteiger partial charge in [0.05, 0.1) is 5.69 Å². The summed E-state index contributed by atoms with van der Waals surface area (Å²) in [7, 11) is 0. The van der Waals surface area contributed by atoms with Gasteiger partial charge in [-0.3, -0.25) is 0 Å². The first-order chi connectivity index (χ1) is 11.0. The predicted octanol–water partition coefficient (Wildman–Crippen LogP) is 5.39. The third kappa shape index (κ3) is 2.14. The molecule has 4 aromatic rings. The fourth-order valence-electron chi connectivity index (χ4n) is 3.75. The minimum atomic E-state index is 1.03. The maximum atomic E-state index is 4.70. The molecule has 23 heavy (non-hydrogen) atoms. The highest BCUT2D eigenvalue weighted by molar-refractivity contribution is 6.04. The van der Waals surface area contributed by atoms with Crippen LogP contribution in [0.3, 0.4) is 0 Å². The van der Waals surface area contributed by atoms with E-state index in [1.807, 2.05) is 6.92 Å². The summed E-state index contributed by atoms with van der Waals surface area (Å²) in [5.41, 5.74) is 8.68. The quantitative estimate of drug-likeness (QED) is 0.461. The molecule has 4 rings (SSSR count). The molecule has 0 spiro atoms. The van der Waals surface area contributed by atoms with Crippen LogP contribution in [0.2, 0.25) is 0 Å². The average Bonchev–Trinajstić information content (AvgIpc) is 2.87. The highest BCUT2D eigenvalue weighted by Crippen LogP contribution is 2.35. The molecule has 0 unspecified atom stereocenters. The lowest BCUT2D eigenvalue weighted by Gasteiger charge is -2.14. The van der Waals surface area contributed by atoms with Crippen LogP contribution in [0.5, 0.6) is 0 Å². The highest BCUT2D eigenvalue weighted by atomic mass is 15.0. The number of nitrogens with zero attached hydrogens (tertiary/aromatic N) is 2. The molecule has 0 amide bonds. The minimum Gasteiger partial charge on any atom is -0.306 e. The minimum absolute atomic E-state index is 1.03. The van der Waals surface area contributed by atoms with Crippen LogP contribution in [0.15, 0.2) is 48.8 Å². The van der Waals surface area contributed by atoms with Gasteiger partial charge in [0, 0.05) is 17.8 Å². The number of aryl methyl sites for hydroxylation is 4. The fourth-order valence-corrected chi connectivity index (χ4v) is 3.75. The number of aromatic nitrogens is 2.